The van der Waals surface area contributed by atoms with Gasteiger partial charge in [0, 0.05) is 45.9 Å². The molecule has 3 heteroatoms. The van der Waals surface area contributed by atoms with Crippen molar-refractivity contribution in [3.05, 3.63) is 0 Å². The Morgan fingerprint density at radius 1 is 1.25 bits per heavy atom. The first-order valence-electron chi connectivity index (χ1n) is 6.85. The Morgan fingerprint density at radius 3 is 2.62 bits per heavy atom. The van der Waals surface area contributed by atoms with Crippen molar-refractivity contribution in [2.75, 3.05) is 45.9 Å². The van der Waals surface area contributed by atoms with E-state index in [1.165, 1.54) is 52.0 Å². The van der Waals surface area contributed by atoms with Crippen molar-refractivity contribution in [3.8, 4) is 0 Å². The molecule has 0 bridgehead atoms. The molecule has 0 aromatic heterocycles. The van der Waals surface area contributed by atoms with Crippen molar-refractivity contribution in [1.29, 1.82) is 0 Å². The highest BCUT2D eigenvalue weighted by Gasteiger charge is 2.19. The van der Waals surface area contributed by atoms with Crippen LogP contribution in [0.1, 0.15) is 26.2 Å². The number of hydrogen-bond acceptors (Lipinski definition) is 3. The van der Waals surface area contributed by atoms with Crippen LogP contribution in [0.15, 0.2) is 0 Å². The average molecular weight is 226 g/mol. The molecule has 0 radical (unpaired) electrons. The lowest BCUT2D eigenvalue weighted by molar-refractivity contribution is 0.0566. The minimum absolute atomic E-state index is 0.848. The largest absolute Gasteiger partial charge is 0.381 e. The van der Waals surface area contributed by atoms with Crippen LogP contribution in [-0.2, 0) is 4.74 Å². The van der Waals surface area contributed by atoms with Gasteiger partial charge in [0.1, 0.15) is 0 Å². The average Bonchev–Trinajstić information content (AvgIpc) is 2.31. The zero-order chi connectivity index (χ0) is 11.2. The molecule has 0 aliphatic carbocycles. The Morgan fingerprint density at radius 2 is 1.94 bits per heavy atom. The summed E-state index contributed by atoms with van der Waals surface area (Å²) in [6.45, 7) is 10.5. The second-order valence-corrected chi connectivity index (χ2v) is 5.45. The summed E-state index contributed by atoms with van der Waals surface area (Å²) < 4.78 is 5.41. The maximum atomic E-state index is 5.41. The Kier molecular flexibility index (Phi) is 5.07. The van der Waals surface area contributed by atoms with E-state index in [1.54, 1.807) is 0 Å². The zero-order valence-corrected chi connectivity index (χ0v) is 10.6. The van der Waals surface area contributed by atoms with E-state index in [0.29, 0.717) is 0 Å². The first-order chi connectivity index (χ1) is 7.84. The third-order valence-corrected chi connectivity index (χ3v) is 3.86. The summed E-state index contributed by atoms with van der Waals surface area (Å²) in [4.78, 5) is 2.61. The Hall–Kier alpha value is -0.120. The van der Waals surface area contributed by atoms with Crippen LogP contribution in [0.4, 0.5) is 0 Å². The van der Waals surface area contributed by atoms with Gasteiger partial charge in [-0.25, -0.2) is 0 Å². The first kappa shape index (κ1) is 12.3. The van der Waals surface area contributed by atoms with E-state index in [-0.39, 0.29) is 0 Å². The minimum Gasteiger partial charge on any atom is -0.381 e. The molecule has 94 valence electrons. The Labute approximate surface area is 99.5 Å². The van der Waals surface area contributed by atoms with Crippen LogP contribution >= 0.6 is 0 Å². The highest BCUT2D eigenvalue weighted by atomic mass is 16.5. The molecular weight excluding hydrogens is 200 g/mol. The normalized spacial score (nSPS) is 26.8. The van der Waals surface area contributed by atoms with Gasteiger partial charge >= 0.3 is 0 Å². The Bertz CT molecular complexity index is 166. The first-order valence-corrected chi connectivity index (χ1v) is 6.85. The molecule has 3 nitrogen and oxygen atoms in total. The lowest BCUT2D eigenvalue weighted by Crippen LogP contribution is -2.45. The van der Waals surface area contributed by atoms with Crippen LogP contribution < -0.4 is 5.32 Å². The maximum Gasteiger partial charge on any atom is 0.0468 e. The molecule has 1 N–H and O–H groups in total. The lowest BCUT2D eigenvalue weighted by Gasteiger charge is -2.31. The monoisotopic (exact) mass is 226 g/mol. The molecule has 2 rings (SSSR count). The van der Waals surface area contributed by atoms with Gasteiger partial charge in [0.05, 0.1) is 0 Å². The summed E-state index contributed by atoms with van der Waals surface area (Å²) in [6, 6.07) is 0. The second-order valence-electron chi connectivity index (χ2n) is 5.45. The van der Waals surface area contributed by atoms with Crippen LogP contribution in [0.3, 0.4) is 0 Å². The number of ether oxygens (including phenoxy) is 1. The lowest BCUT2D eigenvalue weighted by atomic mass is 9.89. The molecule has 1 atom stereocenters. The predicted molar refractivity (Wildman–Crippen MR) is 66.6 cm³/mol. The van der Waals surface area contributed by atoms with Crippen LogP contribution in [-0.4, -0.2) is 50.8 Å². The fourth-order valence-electron chi connectivity index (χ4n) is 2.96. The van der Waals surface area contributed by atoms with Crippen LogP contribution in [0.2, 0.25) is 0 Å². The van der Waals surface area contributed by atoms with Crippen LogP contribution in [0, 0.1) is 11.8 Å². The third kappa shape index (κ3) is 4.04. The fraction of sp³-hybridized carbons (Fsp3) is 1.00. The van der Waals surface area contributed by atoms with Gasteiger partial charge in [0.15, 0.2) is 0 Å². The van der Waals surface area contributed by atoms with E-state index in [2.05, 4.69) is 17.1 Å². The second kappa shape index (κ2) is 6.58. The van der Waals surface area contributed by atoms with Crippen molar-refractivity contribution in [1.82, 2.24) is 10.2 Å². The Balaban J connectivity index is 1.64. The highest BCUT2D eigenvalue weighted by molar-refractivity contribution is 4.73. The molecule has 1 unspecified atom stereocenters. The number of nitrogens with zero attached hydrogens (tertiary/aromatic N) is 1. The van der Waals surface area contributed by atoms with E-state index in [4.69, 9.17) is 4.74 Å². The molecule has 2 saturated heterocycles. The van der Waals surface area contributed by atoms with Gasteiger partial charge in [-0.05, 0) is 31.1 Å². The molecular formula is C13H26N2O. The maximum absolute atomic E-state index is 5.41. The van der Waals surface area contributed by atoms with Gasteiger partial charge in [-0.3, -0.25) is 0 Å². The van der Waals surface area contributed by atoms with Gasteiger partial charge in [0.2, 0.25) is 0 Å². The molecule has 0 amide bonds. The van der Waals surface area contributed by atoms with Crippen molar-refractivity contribution in [2.24, 2.45) is 11.8 Å². The van der Waals surface area contributed by atoms with Crippen molar-refractivity contribution < 1.29 is 4.74 Å². The summed E-state index contributed by atoms with van der Waals surface area (Å²) in [7, 11) is 0. The van der Waals surface area contributed by atoms with Gasteiger partial charge in [-0.15, -0.1) is 0 Å². The SMILES string of the molecule is CC(CC1CCOCC1)CN1CCNCC1. The van der Waals surface area contributed by atoms with Crippen molar-refractivity contribution >= 4 is 0 Å². The van der Waals surface area contributed by atoms with Gasteiger partial charge in [0.25, 0.3) is 0 Å². The van der Waals surface area contributed by atoms with Crippen molar-refractivity contribution in [3.63, 3.8) is 0 Å². The van der Waals surface area contributed by atoms with Crippen molar-refractivity contribution in [2.45, 2.75) is 26.2 Å². The smallest absolute Gasteiger partial charge is 0.0468 e. The molecule has 0 aromatic rings. The quantitative estimate of drug-likeness (QED) is 0.783. The van der Waals surface area contributed by atoms with Gasteiger partial charge < -0.3 is 15.0 Å². The highest BCUT2D eigenvalue weighted by Crippen LogP contribution is 2.23. The summed E-state index contributed by atoms with van der Waals surface area (Å²) in [5.41, 5.74) is 0. The predicted octanol–water partition coefficient (Wildman–Crippen LogP) is 1.34. The minimum atomic E-state index is 0.848. The molecule has 2 fully saturated rings. The standard InChI is InChI=1S/C13H26N2O/c1-12(10-13-2-8-16-9-3-13)11-15-6-4-14-5-7-15/h12-14H,2-11H2,1H3. The number of rotatable bonds is 4. The molecule has 2 aliphatic heterocycles. The molecule has 16 heavy (non-hydrogen) atoms. The number of hydrogen-bond donors (Lipinski definition) is 1. The molecule has 2 heterocycles. The summed E-state index contributed by atoms with van der Waals surface area (Å²) in [6.07, 6.45) is 3.96. The fourth-order valence-corrected chi connectivity index (χ4v) is 2.96. The third-order valence-electron chi connectivity index (χ3n) is 3.86. The van der Waals surface area contributed by atoms with Crippen LogP contribution in [0.25, 0.3) is 0 Å². The van der Waals surface area contributed by atoms with E-state index >= 15 is 0 Å². The van der Waals surface area contributed by atoms with Crippen LogP contribution in [0.5, 0.6) is 0 Å². The summed E-state index contributed by atoms with van der Waals surface area (Å²) in [5, 5.41) is 3.41. The van der Waals surface area contributed by atoms with E-state index < -0.39 is 0 Å². The molecule has 2 aliphatic rings. The van der Waals surface area contributed by atoms with Gasteiger partial charge in [-0.2, -0.15) is 0 Å². The molecule has 0 aromatic carbocycles. The van der Waals surface area contributed by atoms with E-state index in [0.717, 1.165) is 25.0 Å². The zero-order valence-electron chi connectivity index (χ0n) is 10.6. The van der Waals surface area contributed by atoms with E-state index in [1.807, 2.05) is 0 Å². The summed E-state index contributed by atoms with van der Waals surface area (Å²) in [5.74, 6) is 1.77. The molecule has 0 saturated carbocycles. The topological polar surface area (TPSA) is 24.5 Å². The number of piperazine rings is 1. The summed E-state index contributed by atoms with van der Waals surface area (Å²) >= 11 is 0. The van der Waals surface area contributed by atoms with Gasteiger partial charge in [-0.1, -0.05) is 6.92 Å². The molecule has 0 spiro atoms. The van der Waals surface area contributed by atoms with E-state index in [9.17, 15) is 0 Å². The number of nitrogens with one attached hydrogen (secondary N) is 1.